The summed E-state index contributed by atoms with van der Waals surface area (Å²) in [6.07, 6.45) is 2.54. The van der Waals surface area contributed by atoms with Gasteiger partial charge >= 0.3 is 5.97 Å². The van der Waals surface area contributed by atoms with Crippen LogP contribution in [0.3, 0.4) is 0 Å². The quantitative estimate of drug-likeness (QED) is 0.537. The van der Waals surface area contributed by atoms with Crippen LogP contribution in [-0.4, -0.2) is 37.3 Å². The van der Waals surface area contributed by atoms with Crippen molar-refractivity contribution in [3.8, 4) is 0 Å². The van der Waals surface area contributed by atoms with Gasteiger partial charge in [0, 0.05) is 13.2 Å². The van der Waals surface area contributed by atoms with Gasteiger partial charge in [-0.25, -0.2) is 9.78 Å². The van der Waals surface area contributed by atoms with Crippen molar-refractivity contribution in [1.82, 2.24) is 4.98 Å². The van der Waals surface area contributed by atoms with Gasteiger partial charge in [-0.15, -0.1) is 0 Å². The number of nitrogen functional groups attached to an aromatic ring is 1. The molecule has 3 N–H and O–H groups in total. The number of ether oxygens (including phenoxy) is 2. The summed E-state index contributed by atoms with van der Waals surface area (Å²) < 4.78 is 10.5. The number of hydrogen-bond donors (Lipinski definition) is 2. The molecule has 118 valence electrons. The number of nitrogens with two attached hydrogens (primary N) is 1. The Labute approximate surface area is 126 Å². The molecule has 0 saturated heterocycles. The third kappa shape index (κ3) is 6.44. The molecule has 0 unspecified atom stereocenters. The fourth-order valence-electron chi connectivity index (χ4n) is 1.65. The SMILES string of the molecule is CCOC(=O)c1cc(N)cnc1NCCOCCC(C)C. The maximum absolute atomic E-state index is 11.8. The van der Waals surface area contributed by atoms with E-state index in [2.05, 4.69) is 24.1 Å². The van der Waals surface area contributed by atoms with Gasteiger partial charge in [-0.05, 0) is 25.3 Å². The molecule has 0 aliphatic rings. The summed E-state index contributed by atoms with van der Waals surface area (Å²) in [5.41, 5.74) is 6.44. The van der Waals surface area contributed by atoms with Crippen LogP contribution in [0.1, 0.15) is 37.6 Å². The second kappa shape index (κ2) is 9.18. The second-order valence-corrected chi connectivity index (χ2v) is 5.11. The minimum atomic E-state index is -0.430. The molecule has 1 aromatic rings. The third-order valence-electron chi connectivity index (χ3n) is 2.78. The summed E-state index contributed by atoms with van der Waals surface area (Å²) in [7, 11) is 0. The predicted octanol–water partition coefficient (Wildman–Crippen LogP) is 2.32. The lowest BCUT2D eigenvalue weighted by Crippen LogP contribution is -2.16. The number of nitrogens with one attached hydrogen (secondary N) is 1. The number of aromatic nitrogens is 1. The van der Waals surface area contributed by atoms with Gasteiger partial charge in [0.05, 0.1) is 25.1 Å². The second-order valence-electron chi connectivity index (χ2n) is 5.11. The molecule has 0 bridgehead atoms. The predicted molar refractivity (Wildman–Crippen MR) is 83.4 cm³/mol. The average molecular weight is 295 g/mol. The molecule has 0 aliphatic carbocycles. The van der Waals surface area contributed by atoms with Crippen molar-refractivity contribution in [1.29, 1.82) is 0 Å². The van der Waals surface area contributed by atoms with Crippen molar-refractivity contribution in [2.24, 2.45) is 5.92 Å². The molecule has 0 saturated carbocycles. The van der Waals surface area contributed by atoms with Gasteiger partial charge in [0.1, 0.15) is 11.4 Å². The van der Waals surface area contributed by atoms with Gasteiger partial charge in [-0.3, -0.25) is 0 Å². The molecule has 0 atom stereocenters. The molecule has 1 aromatic heterocycles. The monoisotopic (exact) mass is 295 g/mol. The van der Waals surface area contributed by atoms with E-state index in [1.807, 2.05) is 0 Å². The molecule has 0 radical (unpaired) electrons. The van der Waals surface area contributed by atoms with Crippen LogP contribution < -0.4 is 11.1 Å². The average Bonchev–Trinajstić information content (AvgIpc) is 2.43. The maximum atomic E-state index is 11.8. The number of carbonyl (C=O) groups excluding carboxylic acids is 1. The summed E-state index contributed by atoms with van der Waals surface area (Å²) in [6.45, 7) is 8.25. The van der Waals surface area contributed by atoms with Crippen LogP contribution in [0.25, 0.3) is 0 Å². The Morgan fingerprint density at radius 3 is 2.86 bits per heavy atom. The van der Waals surface area contributed by atoms with Crippen molar-refractivity contribution in [2.45, 2.75) is 27.2 Å². The largest absolute Gasteiger partial charge is 0.462 e. The number of anilines is 2. The van der Waals surface area contributed by atoms with Gasteiger partial charge in [0.15, 0.2) is 0 Å². The van der Waals surface area contributed by atoms with Gasteiger partial charge < -0.3 is 20.5 Å². The number of carbonyl (C=O) groups is 1. The van der Waals surface area contributed by atoms with Crippen molar-refractivity contribution < 1.29 is 14.3 Å². The summed E-state index contributed by atoms with van der Waals surface area (Å²) in [5.74, 6) is 0.669. The zero-order valence-corrected chi connectivity index (χ0v) is 13.0. The van der Waals surface area contributed by atoms with Crippen LogP contribution in [0.15, 0.2) is 12.3 Å². The highest BCUT2D eigenvalue weighted by Gasteiger charge is 2.14. The van der Waals surface area contributed by atoms with Crippen LogP contribution in [0.5, 0.6) is 0 Å². The summed E-state index contributed by atoms with van der Waals surface area (Å²) in [4.78, 5) is 16.0. The molecule has 0 fully saturated rings. The highest BCUT2D eigenvalue weighted by Crippen LogP contribution is 2.16. The Kier molecular flexibility index (Phi) is 7.53. The fraction of sp³-hybridized carbons (Fsp3) is 0.600. The first-order chi connectivity index (χ1) is 10.0. The highest BCUT2D eigenvalue weighted by atomic mass is 16.5. The van der Waals surface area contributed by atoms with Gasteiger partial charge in [-0.2, -0.15) is 0 Å². The molecule has 21 heavy (non-hydrogen) atoms. The smallest absolute Gasteiger partial charge is 0.341 e. The van der Waals surface area contributed by atoms with E-state index in [0.717, 1.165) is 13.0 Å². The molecule has 6 heteroatoms. The van der Waals surface area contributed by atoms with E-state index in [0.29, 0.717) is 42.7 Å². The summed E-state index contributed by atoms with van der Waals surface area (Å²) in [5, 5.41) is 3.08. The fourth-order valence-corrected chi connectivity index (χ4v) is 1.65. The van der Waals surface area contributed by atoms with Gasteiger partial charge in [0.25, 0.3) is 0 Å². The van der Waals surface area contributed by atoms with Crippen molar-refractivity contribution in [3.05, 3.63) is 17.8 Å². The molecule has 6 nitrogen and oxygen atoms in total. The zero-order valence-electron chi connectivity index (χ0n) is 13.0. The summed E-state index contributed by atoms with van der Waals surface area (Å²) >= 11 is 0. The third-order valence-corrected chi connectivity index (χ3v) is 2.78. The van der Waals surface area contributed by atoms with Crippen molar-refractivity contribution >= 4 is 17.5 Å². The van der Waals surface area contributed by atoms with E-state index < -0.39 is 5.97 Å². The van der Waals surface area contributed by atoms with Crippen LogP contribution in [0, 0.1) is 5.92 Å². The zero-order chi connectivity index (χ0) is 15.7. The van der Waals surface area contributed by atoms with Crippen LogP contribution >= 0.6 is 0 Å². The lowest BCUT2D eigenvalue weighted by atomic mass is 10.1. The molecular formula is C15H25N3O3. The lowest BCUT2D eigenvalue weighted by molar-refractivity contribution is 0.0527. The molecule has 1 rings (SSSR count). The molecule has 0 spiro atoms. The molecular weight excluding hydrogens is 270 g/mol. The van der Waals surface area contributed by atoms with E-state index in [-0.39, 0.29) is 0 Å². The van der Waals surface area contributed by atoms with Crippen LogP contribution in [-0.2, 0) is 9.47 Å². The normalized spacial score (nSPS) is 10.7. The number of pyridine rings is 1. The van der Waals surface area contributed by atoms with E-state index in [4.69, 9.17) is 15.2 Å². The van der Waals surface area contributed by atoms with Gasteiger partial charge in [-0.1, -0.05) is 13.8 Å². The van der Waals surface area contributed by atoms with Crippen LogP contribution in [0.4, 0.5) is 11.5 Å². The van der Waals surface area contributed by atoms with E-state index in [1.54, 1.807) is 13.0 Å². The Hall–Kier alpha value is -1.82. The highest BCUT2D eigenvalue weighted by molar-refractivity contribution is 5.95. The number of rotatable bonds is 9. The number of hydrogen-bond acceptors (Lipinski definition) is 6. The molecule has 0 amide bonds. The minimum Gasteiger partial charge on any atom is -0.462 e. The Bertz CT molecular complexity index is 450. The number of nitrogens with zero attached hydrogens (tertiary/aromatic N) is 1. The van der Waals surface area contributed by atoms with E-state index >= 15 is 0 Å². The Morgan fingerprint density at radius 2 is 2.19 bits per heavy atom. The van der Waals surface area contributed by atoms with Crippen molar-refractivity contribution in [2.75, 3.05) is 37.4 Å². The Morgan fingerprint density at radius 1 is 1.43 bits per heavy atom. The summed E-state index contributed by atoms with van der Waals surface area (Å²) in [6, 6.07) is 1.56. The number of esters is 1. The molecule has 0 aliphatic heterocycles. The Balaban J connectivity index is 2.48. The first-order valence-corrected chi connectivity index (χ1v) is 7.28. The first kappa shape index (κ1) is 17.2. The van der Waals surface area contributed by atoms with Crippen LogP contribution in [0.2, 0.25) is 0 Å². The topological polar surface area (TPSA) is 86.5 Å². The standard InChI is InChI=1S/C15H25N3O3/c1-4-21-15(19)13-9-12(16)10-18-14(13)17-6-8-20-7-5-11(2)3/h9-11H,4-8,16H2,1-3H3,(H,17,18). The van der Waals surface area contributed by atoms with E-state index in [1.165, 1.54) is 6.20 Å². The maximum Gasteiger partial charge on any atom is 0.341 e. The lowest BCUT2D eigenvalue weighted by Gasteiger charge is -2.11. The van der Waals surface area contributed by atoms with E-state index in [9.17, 15) is 4.79 Å². The van der Waals surface area contributed by atoms with Gasteiger partial charge in [0.2, 0.25) is 0 Å². The minimum absolute atomic E-state index is 0.311. The molecule has 0 aromatic carbocycles. The van der Waals surface area contributed by atoms with Crippen molar-refractivity contribution in [3.63, 3.8) is 0 Å². The molecule has 1 heterocycles. The first-order valence-electron chi connectivity index (χ1n) is 7.28.